The van der Waals surface area contributed by atoms with E-state index in [2.05, 4.69) is 5.16 Å². The zero-order valence-electron chi connectivity index (χ0n) is 10.5. The number of aliphatic hydroxyl groups excluding tert-OH is 1. The van der Waals surface area contributed by atoms with Crippen molar-refractivity contribution in [2.24, 2.45) is 5.16 Å². The van der Waals surface area contributed by atoms with Crippen LogP contribution in [-0.2, 0) is 17.9 Å². The molecule has 0 saturated carbocycles. The fourth-order valence-electron chi connectivity index (χ4n) is 2.29. The molecule has 0 aliphatic heterocycles. The molecule has 0 bridgehead atoms. The molecule has 2 aromatic rings. The van der Waals surface area contributed by atoms with Crippen molar-refractivity contribution in [2.75, 3.05) is 0 Å². The Morgan fingerprint density at radius 1 is 1.05 bits per heavy atom. The summed E-state index contributed by atoms with van der Waals surface area (Å²) in [6.07, 6.45) is 0.0529. The Hall–Kier alpha value is -2.13. The van der Waals surface area contributed by atoms with Gasteiger partial charge in [0.25, 0.3) is 0 Å². The summed E-state index contributed by atoms with van der Waals surface area (Å²) < 4.78 is 0. The van der Waals surface area contributed by atoms with Gasteiger partial charge in [-0.2, -0.15) is 0 Å². The number of nitrogens with zero attached hydrogens (tertiary/aromatic N) is 1. The molecule has 2 aromatic carbocycles. The Balaban J connectivity index is 1.74. The van der Waals surface area contributed by atoms with E-state index >= 15 is 0 Å². The SMILES string of the molecule is OC1Cc2ccccc2C1=NOCc1ccccc1. The van der Waals surface area contributed by atoms with Crippen LogP contribution in [0, 0.1) is 0 Å². The van der Waals surface area contributed by atoms with Crippen molar-refractivity contribution in [3.8, 4) is 0 Å². The molecule has 0 spiro atoms. The van der Waals surface area contributed by atoms with Crippen LogP contribution >= 0.6 is 0 Å². The van der Waals surface area contributed by atoms with Gasteiger partial charge in [0.15, 0.2) is 0 Å². The predicted octanol–water partition coefficient (Wildman–Crippen LogP) is 2.52. The van der Waals surface area contributed by atoms with Gasteiger partial charge in [-0.25, -0.2) is 0 Å². The van der Waals surface area contributed by atoms with Gasteiger partial charge >= 0.3 is 0 Å². The topological polar surface area (TPSA) is 41.8 Å². The lowest BCUT2D eigenvalue weighted by molar-refractivity contribution is 0.125. The van der Waals surface area contributed by atoms with Crippen LogP contribution in [0.2, 0.25) is 0 Å². The van der Waals surface area contributed by atoms with Crippen LogP contribution in [0.1, 0.15) is 16.7 Å². The molecule has 1 aliphatic rings. The summed E-state index contributed by atoms with van der Waals surface area (Å²) >= 11 is 0. The number of oxime groups is 1. The standard InChI is InChI=1S/C16H15NO2/c18-15-10-13-8-4-5-9-14(13)16(15)17-19-11-12-6-2-1-3-7-12/h1-9,15,18H,10-11H2. The van der Waals surface area contributed by atoms with E-state index in [1.165, 1.54) is 0 Å². The maximum absolute atomic E-state index is 10.00. The minimum Gasteiger partial charge on any atom is -0.391 e. The largest absolute Gasteiger partial charge is 0.391 e. The fraction of sp³-hybridized carbons (Fsp3) is 0.188. The van der Waals surface area contributed by atoms with Crippen LogP contribution < -0.4 is 0 Å². The third-order valence-corrected chi connectivity index (χ3v) is 3.26. The van der Waals surface area contributed by atoms with Crippen molar-refractivity contribution in [3.63, 3.8) is 0 Å². The third-order valence-electron chi connectivity index (χ3n) is 3.26. The molecule has 3 rings (SSSR count). The molecule has 3 heteroatoms. The molecule has 0 amide bonds. The molecular weight excluding hydrogens is 238 g/mol. The van der Waals surface area contributed by atoms with Gasteiger partial charge in [0.05, 0.1) is 0 Å². The number of fused-ring (bicyclic) bond motifs is 1. The van der Waals surface area contributed by atoms with E-state index in [1.54, 1.807) is 0 Å². The summed E-state index contributed by atoms with van der Waals surface area (Å²) in [5.41, 5.74) is 3.80. The summed E-state index contributed by atoms with van der Waals surface area (Å²) in [5.74, 6) is 0. The Bertz CT molecular complexity index is 593. The number of aliphatic hydroxyl groups is 1. The summed E-state index contributed by atoms with van der Waals surface area (Å²) in [7, 11) is 0. The number of rotatable bonds is 3. The summed E-state index contributed by atoms with van der Waals surface area (Å²) in [5, 5.41) is 14.1. The van der Waals surface area contributed by atoms with Gasteiger partial charge in [0.1, 0.15) is 18.4 Å². The van der Waals surface area contributed by atoms with Crippen LogP contribution in [0.15, 0.2) is 59.8 Å². The van der Waals surface area contributed by atoms with E-state index in [0.717, 1.165) is 16.7 Å². The second-order valence-electron chi connectivity index (χ2n) is 4.61. The lowest BCUT2D eigenvalue weighted by atomic mass is 10.1. The highest BCUT2D eigenvalue weighted by molar-refractivity contribution is 6.07. The summed E-state index contributed by atoms with van der Waals surface area (Å²) in [4.78, 5) is 5.36. The average molecular weight is 253 g/mol. The first kappa shape index (κ1) is 11.9. The van der Waals surface area contributed by atoms with E-state index in [-0.39, 0.29) is 0 Å². The van der Waals surface area contributed by atoms with Crippen LogP contribution in [0.5, 0.6) is 0 Å². The Morgan fingerprint density at radius 2 is 1.79 bits per heavy atom. The Kier molecular flexibility index (Phi) is 3.29. The minimum absolute atomic E-state index is 0.416. The first-order valence-electron chi connectivity index (χ1n) is 6.35. The highest BCUT2D eigenvalue weighted by Crippen LogP contribution is 2.22. The van der Waals surface area contributed by atoms with Gasteiger partial charge < -0.3 is 9.94 Å². The van der Waals surface area contributed by atoms with Gasteiger partial charge in [-0.05, 0) is 11.1 Å². The molecular formula is C16H15NO2. The third kappa shape index (κ3) is 2.51. The van der Waals surface area contributed by atoms with Gasteiger partial charge in [-0.15, -0.1) is 0 Å². The zero-order valence-corrected chi connectivity index (χ0v) is 10.5. The molecule has 1 unspecified atom stereocenters. The molecule has 1 aliphatic carbocycles. The van der Waals surface area contributed by atoms with Gasteiger partial charge in [0, 0.05) is 12.0 Å². The van der Waals surface area contributed by atoms with E-state index in [9.17, 15) is 5.11 Å². The van der Waals surface area contributed by atoms with E-state index in [1.807, 2.05) is 54.6 Å². The second kappa shape index (κ2) is 5.24. The van der Waals surface area contributed by atoms with Gasteiger partial charge in [-0.1, -0.05) is 59.8 Å². The highest BCUT2D eigenvalue weighted by atomic mass is 16.6. The van der Waals surface area contributed by atoms with Crippen LogP contribution in [0.25, 0.3) is 0 Å². The lowest BCUT2D eigenvalue weighted by Gasteiger charge is -2.05. The van der Waals surface area contributed by atoms with Crippen molar-refractivity contribution >= 4 is 5.71 Å². The van der Waals surface area contributed by atoms with Crippen molar-refractivity contribution in [1.29, 1.82) is 0 Å². The molecule has 0 heterocycles. The maximum Gasteiger partial charge on any atom is 0.142 e. The zero-order chi connectivity index (χ0) is 13.1. The molecule has 1 atom stereocenters. The quantitative estimate of drug-likeness (QED) is 0.854. The van der Waals surface area contributed by atoms with Crippen molar-refractivity contribution in [2.45, 2.75) is 19.1 Å². The van der Waals surface area contributed by atoms with E-state index in [0.29, 0.717) is 18.7 Å². The molecule has 19 heavy (non-hydrogen) atoms. The highest BCUT2D eigenvalue weighted by Gasteiger charge is 2.26. The monoisotopic (exact) mass is 253 g/mol. The molecule has 0 radical (unpaired) electrons. The summed E-state index contributed by atoms with van der Waals surface area (Å²) in [6.45, 7) is 0.416. The minimum atomic E-state index is -0.562. The van der Waals surface area contributed by atoms with Gasteiger partial charge in [-0.3, -0.25) is 0 Å². The number of hydrogen-bond acceptors (Lipinski definition) is 3. The second-order valence-corrected chi connectivity index (χ2v) is 4.61. The first-order chi connectivity index (χ1) is 9.34. The molecule has 1 N–H and O–H groups in total. The smallest absolute Gasteiger partial charge is 0.142 e. The molecule has 0 saturated heterocycles. The fourth-order valence-corrected chi connectivity index (χ4v) is 2.29. The molecule has 0 fully saturated rings. The molecule has 96 valence electrons. The van der Waals surface area contributed by atoms with E-state index in [4.69, 9.17) is 4.84 Å². The van der Waals surface area contributed by atoms with E-state index < -0.39 is 6.10 Å². The normalized spacial score (nSPS) is 19.4. The predicted molar refractivity (Wildman–Crippen MR) is 73.9 cm³/mol. The van der Waals surface area contributed by atoms with Crippen LogP contribution in [0.4, 0.5) is 0 Å². The molecule has 0 aromatic heterocycles. The lowest BCUT2D eigenvalue weighted by Crippen LogP contribution is -2.16. The van der Waals surface area contributed by atoms with Crippen molar-refractivity contribution in [3.05, 3.63) is 71.3 Å². The van der Waals surface area contributed by atoms with Crippen LogP contribution in [-0.4, -0.2) is 16.9 Å². The first-order valence-corrected chi connectivity index (χ1v) is 6.35. The van der Waals surface area contributed by atoms with Crippen molar-refractivity contribution < 1.29 is 9.94 Å². The van der Waals surface area contributed by atoms with Gasteiger partial charge in [0.2, 0.25) is 0 Å². The molecule has 3 nitrogen and oxygen atoms in total. The Labute approximate surface area is 112 Å². The van der Waals surface area contributed by atoms with Crippen LogP contribution in [0.3, 0.4) is 0 Å². The Morgan fingerprint density at radius 3 is 2.63 bits per heavy atom. The average Bonchev–Trinajstić information content (AvgIpc) is 2.76. The number of hydrogen-bond donors (Lipinski definition) is 1. The number of benzene rings is 2. The van der Waals surface area contributed by atoms with Crippen molar-refractivity contribution in [1.82, 2.24) is 0 Å². The maximum atomic E-state index is 10.00. The summed E-state index contributed by atoms with van der Waals surface area (Å²) in [6, 6.07) is 17.8.